The highest BCUT2D eigenvalue weighted by atomic mass is 32.1. The number of carbonyl (C=O) groups excluding carboxylic acids is 2. The summed E-state index contributed by atoms with van der Waals surface area (Å²) in [5.74, 6) is -1.96. The third kappa shape index (κ3) is 3.02. The van der Waals surface area contributed by atoms with E-state index in [-0.39, 0.29) is 18.0 Å². The van der Waals surface area contributed by atoms with Crippen molar-refractivity contribution in [2.75, 3.05) is 12.4 Å². The maximum Gasteiger partial charge on any atom is 0.341 e. The number of nitrogens with zero attached hydrogens (tertiary/aromatic N) is 2. The van der Waals surface area contributed by atoms with Crippen LogP contribution in [0, 0.1) is 0 Å². The Balaban J connectivity index is 1.77. The van der Waals surface area contributed by atoms with Crippen molar-refractivity contribution in [2.45, 2.75) is 25.8 Å². The molecule has 1 aliphatic carbocycles. The molecule has 0 atom stereocenters. The highest BCUT2D eigenvalue weighted by Gasteiger charge is 2.28. The number of methoxy groups -OCH3 is 1. The summed E-state index contributed by atoms with van der Waals surface area (Å²) < 4.78 is 6.06. The molecule has 2 N–H and O–H groups in total. The van der Waals surface area contributed by atoms with Gasteiger partial charge in [-0.1, -0.05) is 0 Å². The average Bonchev–Trinajstić information content (AvgIpc) is 3.22. The fraction of sp³-hybridized carbons (Fsp3) is 0.333. The number of amides is 1. The molecule has 0 saturated heterocycles. The molecule has 0 aliphatic heterocycles. The molecule has 8 nitrogen and oxygen atoms in total. The normalized spacial score (nSPS) is 12.7. The lowest BCUT2D eigenvalue weighted by Gasteiger charge is -2.07. The predicted octanol–water partition coefficient (Wildman–Crippen LogP) is 1.56. The predicted molar refractivity (Wildman–Crippen MR) is 85.5 cm³/mol. The zero-order valence-corrected chi connectivity index (χ0v) is 13.7. The van der Waals surface area contributed by atoms with Gasteiger partial charge in [0.15, 0.2) is 0 Å². The Kier molecular flexibility index (Phi) is 4.34. The zero-order valence-electron chi connectivity index (χ0n) is 12.9. The largest absolute Gasteiger partial charge is 0.478 e. The summed E-state index contributed by atoms with van der Waals surface area (Å²) >= 11 is 1.38. The van der Waals surface area contributed by atoms with Crippen LogP contribution >= 0.6 is 11.3 Å². The number of carboxylic acids is 1. The minimum atomic E-state index is -1.11. The SMILES string of the molecule is COC(=O)c1c(NC(=O)Cn2cc(C(=O)O)cn2)sc2c1CCC2. The first-order chi connectivity index (χ1) is 11.5. The van der Waals surface area contributed by atoms with Crippen LogP contribution in [0.3, 0.4) is 0 Å². The second-order valence-corrected chi connectivity index (χ2v) is 6.44. The topological polar surface area (TPSA) is 111 Å². The smallest absolute Gasteiger partial charge is 0.341 e. The van der Waals surface area contributed by atoms with E-state index in [1.54, 1.807) is 0 Å². The first-order valence-electron chi connectivity index (χ1n) is 7.28. The molecule has 0 aromatic carbocycles. The molecular weight excluding hydrogens is 334 g/mol. The molecule has 2 heterocycles. The van der Waals surface area contributed by atoms with Crippen molar-refractivity contribution >= 4 is 34.2 Å². The van der Waals surface area contributed by atoms with Crippen LogP contribution in [0.25, 0.3) is 0 Å². The molecule has 0 spiro atoms. The Bertz CT molecular complexity index is 823. The van der Waals surface area contributed by atoms with E-state index in [9.17, 15) is 14.4 Å². The van der Waals surface area contributed by atoms with Gasteiger partial charge in [-0.3, -0.25) is 9.48 Å². The summed E-state index contributed by atoms with van der Waals surface area (Å²) in [6.07, 6.45) is 5.13. The molecule has 2 aromatic heterocycles. The summed E-state index contributed by atoms with van der Waals surface area (Å²) in [5.41, 5.74) is 1.39. The van der Waals surface area contributed by atoms with Crippen molar-refractivity contribution in [3.05, 3.63) is 34.0 Å². The van der Waals surface area contributed by atoms with Gasteiger partial charge >= 0.3 is 11.9 Å². The molecule has 24 heavy (non-hydrogen) atoms. The number of ether oxygens (including phenoxy) is 1. The fourth-order valence-electron chi connectivity index (χ4n) is 2.68. The molecule has 2 aromatic rings. The molecule has 126 valence electrons. The third-order valence-electron chi connectivity index (χ3n) is 3.75. The zero-order chi connectivity index (χ0) is 17.3. The highest BCUT2D eigenvalue weighted by molar-refractivity contribution is 7.17. The van der Waals surface area contributed by atoms with Gasteiger partial charge in [-0.25, -0.2) is 9.59 Å². The van der Waals surface area contributed by atoms with E-state index >= 15 is 0 Å². The van der Waals surface area contributed by atoms with Crippen molar-refractivity contribution < 1.29 is 24.2 Å². The van der Waals surface area contributed by atoms with Crippen LogP contribution in [-0.4, -0.2) is 39.8 Å². The minimum Gasteiger partial charge on any atom is -0.478 e. The van der Waals surface area contributed by atoms with Gasteiger partial charge in [-0.2, -0.15) is 5.10 Å². The molecule has 9 heteroatoms. The Morgan fingerprint density at radius 2 is 2.21 bits per heavy atom. The second-order valence-electron chi connectivity index (χ2n) is 5.33. The quantitative estimate of drug-likeness (QED) is 0.793. The second kappa shape index (κ2) is 6.44. The summed E-state index contributed by atoms with van der Waals surface area (Å²) in [4.78, 5) is 36.1. The number of carboxylic acid groups (broad SMARTS) is 1. The number of fused-ring (bicyclic) bond motifs is 1. The van der Waals surface area contributed by atoms with E-state index in [2.05, 4.69) is 10.4 Å². The van der Waals surface area contributed by atoms with E-state index in [4.69, 9.17) is 9.84 Å². The summed E-state index contributed by atoms with van der Waals surface area (Å²) in [6, 6.07) is 0. The molecule has 0 fully saturated rings. The lowest BCUT2D eigenvalue weighted by atomic mass is 10.1. The van der Waals surface area contributed by atoms with Crippen LogP contribution in [0.4, 0.5) is 5.00 Å². The summed E-state index contributed by atoms with van der Waals surface area (Å²) in [5, 5.41) is 15.9. The van der Waals surface area contributed by atoms with Crippen LogP contribution in [0.2, 0.25) is 0 Å². The van der Waals surface area contributed by atoms with Crippen molar-refractivity contribution in [1.29, 1.82) is 0 Å². The molecular formula is C15H15N3O5S. The van der Waals surface area contributed by atoms with E-state index in [1.165, 1.54) is 35.5 Å². The van der Waals surface area contributed by atoms with E-state index < -0.39 is 11.9 Å². The number of esters is 1. The molecule has 0 radical (unpaired) electrons. The lowest BCUT2D eigenvalue weighted by Crippen LogP contribution is -2.20. The fourth-order valence-corrected chi connectivity index (χ4v) is 3.98. The van der Waals surface area contributed by atoms with Crippen LogP contribution < -0.4 is 5.32 Å². The number of hydrogen-bond acceptors (Lipinski definition) is 6. The van der Waals surface area contributed by atoms with Crippen molar-refractivity contribution in [3.63, 3.8) is 0 Å². The Morgan fingerprint density at radius 3 is 2.88 bits per heavy atom. The standard InChI is InChI=1S/C15H15N3O5S/c1-23-15(22)12-9-3-2-4-10(9)24-13(12)17-11(19)7-18-6-8(5-16-18)14(20)21/h5-6H,2-4,7H2,1H3,(H,17,19)(H,20,21). The van der Waals surface area contributed by atoms with Gasteiger partial charge in [0.25, 0.3) is 0 Å². The highest BCUT2D eigenvalue weighted by Crippen LogP contribution is 2.39. The maximum atomic E-state index is 12.2. The van der Waals surface area contributed by atoms with E-state index in [1.807, 2.05) is 0 Å². The number of aryl methyl sites for hydroxylation is 1. The average molecular weight is 349 g/mol. The number of nitrogens with one attached hydrogen (secondary N) is 1. The first kappa shape index (κ1) is 16.2. The monoisotopic (exact) mass is 349 g/mol. The van der Waals surface area contributed by atoms with Gasteiger partial charge in [0.05, 0.1) is 24.4 Å². The van der Waals surface area contributed by atoms with Gasteiger partial charge in [-0.15, -0.1) is 11.3 Å². The minimum absolute atomic E-state index is 0.00755. The third-order valence-corrected chi connectivity index (χ3v) is 4.96. The number of hydrogen-bond donors (Lipinski definition) is 2. The number of aromatic nitrogens is 2. The Morgan fingerprint density at radius 1 is 1.42 bits per heavy atom. The molecule has 3 rings (SSSR count). The number of anilines is 1. The van der Waals surface area contributed by atoms with Gasteiger partial charge in [0.2, 0.25) is 5.91 Å². The molecule has 0 bridgehead atoms. The van der Waals surface area contributed by atoms with Crippen LogP contribution in [-0.2, 0) is 28.9 Å². The maximum absolute atomic E-state index is 12.2. The van der Waals surface area contributed by atoms with Crippen molar-refractivity contribution in [3.8, 4) is 0 Å². The summed E-state index contributed by atoms with van der Waals surface area (Å²) in [6.45, 7) is -0.142. The van der Waals surface area contributed by atoms with E-state index in [0.717, 1.165) is 29.7 Å². The van der Waals surface area contributed by atoms with Crippen molar-refractivity contribution in [2.24, 2.45) is 0 Å². The van der Waals surface area contributed by atoms with Crippen molar-refractivity contribution in [1.82, 2.24) is 9.78 Å². The number of aromatic carboxylic acids is 1. The Labute approximate surface area is 141 Å². The molecule has 0 unspecified atom stereocenters. The van der Waals surface area contributed by atoms with E-state index in [0.29, 0.717) is 10.6 Å². The van der Waals surface area contributed by atoms with Gasteiger partial charge in [0.1, 0.15) is 11.5 Å². The van der Waals surface area contributed by atoms with Crippen LogP contribution in [0.5, 0.6) is 0 Å². The molecule has 1 amide bonds. The van der Waals surface area contributed by atoms with Gasteiger partial charge in [-0.05, 0) is 24.8 Å². The lowest BCUT2D eigenvalue weighted by molar-refractivity contribution is -0.116. The number of thiophene rings is 1. The number of rotatable bonds is 5. The van der Waals surface area contributed by atoms with Crippen LogP contribution in [0.15, 0.2) is 12.4 Å². The van der Waals surface area contributed by atoms with Gasteiger partial charge < -0.3 is 15.2 Å². The molecule has 1 aliphatic rings. The Hall–Kier alpha value is -2.68. The number of carbonyl (C=O) groups is 3. The first-order valence-corrected chi connectivity index (χ1v) is 8.09. The molecule has 0 saturated carbocycles. The summed E-state index contributed by atoms with van der Waals surface area (Å²) in [7, 11) is 1.31. The van der Waals surface area contributed by atoms with Gasteiger partial charge in [0, 0.05) is 11.1 Å². The van der Waals surface area contributed by atoms with Crippen LogP contribution in [0.1, 0.15) is 37.6 Å².